The van der Waals surface area contributed by atoms with Crippen molar-refractivity contribution in [3.05, 3.63) is 185 Å². The highest BCUT2D eigenvalue weighted by Crippen LogP contribution is 2.39. The smallest absolute Gasteiger partial charge is 0.0540 e. The van der Waals surface area contributed by atoms with Crippen molar-refractivity contribution in [3.63, 3.8) is 0 Å². The second-order valence-corrected chi connectivity index (χ2v) is 11.5. The van der Waals surface area contributed by atoms with Crippen LogP contribution < -0.4 is 4.90 Å². The van der Waals surface area contributed by atoms with Crippen LogP contribution in [0.15, 0.2) is 168 Å². The van der Waals surface area contributed by atoms with Crippen molar-refractivity contribution in [1.29, 1.82) is 0 Å². The number of fused-ring (bicyclic) bond motifs is 2. The van der Waals surface area contributed by atoms with Crippen LogP contribution in [0.25, 0.3) is 21.5 Å². The molecule has 0 atom stereocenters. The van der Waals surface area contributed by atoms with Crippen LogP contribution in [0.3, 0.4) is 0 Å². The molecule has 0 fully saturated rings. The zero-order valence-electron chi connectivity index (χ0n) is 24.9. The van der Waals surface area contributed by atoms with Gasteiger partial charge in [0.05, 0.1) is 5.69 Å². The SMILES string of the molecule is Cc1cc(Br)cc(N(c2ccccc2)c2cccc3ccccc23)c1.Cc1cccc2ccccc12.Cc1ccccc1. The van der Waals surface area contributed by atoms with Crippen molar-refractivity contribution >= 4 is 54.5 Å². The van der Waals surface area contributed by atoms with Crippen molar-refractivity contribution in [1.82, 2.24) is 0 Å². The summed E-state index contributed by atoms with van der Waals surface area (Å²) in [4.78, 5) is 2.32. The Kier molecular flexibility index (Phi) is 10.0. The molecule has 0 aliphatic heterocycles. The van der Waals surface area contributed by atoms with Gasteiger partial charge < -0.3 is 4.90 Å². The zero-order chi connectivity index (χ0) is 30.0. The van der Waals surface area contributed by atoms with Crippen molar-refractivity contribution < 1.29 is 0 Å². The van der Waals surface area contributed by atoms with Crippen molar-refractivity contribution in [2.75, 3.05) is 4.90 Å². The minimum atomic E-state index is 1.09. The summed E-state index contributed by atoms with van der Waals surface area (Å²) in [5.74, 6) is 0. The molecule has 1 nitrogen and oxygen atoms in total. The summed E-state index contributed by atoms with van der Waals surface area (Å²) in [7, 11) is 0. The lowest BCUT2D eigenvalue weighted by molar-refractivity contribution is 1.28. The number of halogens is 1. The molecule has 0 spiro atoms. The lowest BCUT2D eigenvalue weighted by atomic mass is 10.1. The number of hydrogen-bond acceptors (Lipinski definition) is 1. The van der Waals surface area contributed by atoms with E-state index in [9.17, 15) is 0 Å². The molecule has 43 heavy (non-hydrogen) atoms. The summed E-state index contributed by atoms with van der Waals surface area (Å²) in [6.07, 6.45) is 0. The van der Waals surface area contributed by atoms with Crippen LogP contribution in [0.2, 0.25) is 0 Å². The Morgan fingerprint density at radius 2 is 0.953 bits per heavy atom. The zero-order valence-corrected chi connectivity index (χ0v) is 26.5. The standard InChI is InChI=1S/C23H18BrN.C11H10.C7H8/c1-17-14-19(24)16-21(15-17)25(20-10-3-2-4-11-20)23-13-7-9-18-8-5-6-12-22(18)23;1-9-5-4-7-10-6-2-3-8-11(9)10;1-7-5-3-2-4-6-7/h2-16H,1H3;2-8H,1H3;2-6H,1H3. The first kappa shape index (κ1) is 29.8. The maximum atomic E-state index is 3.65. The van der Waals surface area contributed by atoms with Gasteiger partial charge in [0.15, 0.2) is 0 Å². The maximum absolute atomic E-state index is 3.65. The van der Waals surface area contributed by atoms with E-state index < -0.39 is 0 Å². The Labute approximate surface area is 264 Å². The van der Waals surface area contributed by atoms with Gasteiger partial charge in [-0.3, -0.25) is 0 Å². The fourth-order valence-corrected chi connectivity index (χ4v) is 5.77. The average Bonchev–Trinajstić information content (AvgIpc) is 3.03. The number of para-hydroxylation sites is 1. The first-order valence-corrected chi connectivity index (χ1v) is 15.3. The number of hydrogen-bond donors (Lipinski definition) is 0. The van der Waals surface area contributed by atoms with Gasteiger partial charge in [0, 0.05) is 21.2 Å². The molecule has 0 saturated carbocycles. The molecule has 0 unspecified atom stereocenters. The first-order valence-electron chi connectivity index (χ1n) is 14.6. The topological polar surface area (TPSA) is 3.24 Å². The van der Waals surface area contributed by atoms with E-state index in [4.69, 9.17) is 0 Å². The number of nitrogens with zero attached hydrogens (tertiary/aromatic N) is 1. The minimum absolute atomic E-state index is 1.09. The van der Waals surface area contributed by atoms with E-state index in [-0.39, 0.29) is 0 Å². The molecule has 0 N–H and O–H groups in total. The first-order chi connectivity index (χ1) is 21.0. The molecule has 0 bridgehead atoms. The Balaban J connectivity index is 0.000000166. The fraction of sp³-hybridized carbons (Fsp3) is 0.0732. The van der Waals surface area contributed by atoms with Crippen molar-refractivity contribution in [2.24, 2.45) is 0 Å². The third-order valence-corrected chi connectivity index (χ3v) is 7.71. The van der Waals surface area contributed by atoms with Crippen LogP contribution in [-0.2, 0) is 0 Å². The number of rotatable bonds is 3. The van der Waals surface area contributed by atoms with Crippen LogP contribution in [0.4, 0.5) is 17.1 Å². The van der Waals surface area contributed by atoms with Gasteiger partial charge in [-0.05, 0) is 84.5 Å². The van der Waals surface area contributed by atoms with Gasteiger partial charge in [0.2, 0.25) is 0 Å². The van der Waals surface area contributed by atoms with Crippen LogP contribution in [0, 0.1) is 20.8 Å². The van der Waals surface area contributed by atoms with E-state index in [1.807, 2.05) is 18.2 Å². The summed E-state index contributed by atoms with van der Waals surface area (Å²) in [5.41, 5.74) is 7.38. The van der Waals surface area contributed by atoms with E-state index in [0.717, 1.165) is 15.8 Å². The van der Waals surface area contributed by atoms with Gasteiger partial charge in [-0.15, -0.1) is 0 Å². The normalized spacial score (nSPS) is 10.3. The highest BCUT2D eigenvalue weighted by Gasteiger charge is 2.15. The van der Waals surface area contributed by atoms with Gasteiger partial charge in [0.1, 0.15) is 0 Å². The molecule has 0 aliphatic carbocycles. The molecule has 7 aromatic carbocycles. The van der Waals surface area contributed by atoms with Crippen molar-refractivity contribution in [2.45, 2.75) is 20.8 Å². The Morgan fingerprint density at radius 1 is 0.419 bits per heavy atom. The molecule has 7 aromatic rings. The minimum Gasteiger partial charge on any atom is -0.310 e. The maximum Gasteiger partial charge on any atom is 0.0540 e. The lowest BCUT2D eigenvalue weighted by Crippen LogP contribution is -2.10. The third-order valence-electron chi connectivity index (χ3n) is 7.26. The molecule has 0 aliphatic rings. The van der Waals surface area contributed by atoms with Crippen LogP contribution >= 0.6 is 15.9 Å². The Bertz CT molecular complexity index is 1880. The summed E-state index contributed by atoms with van der Waals surface area (Å²) < 4.78 is 1.09. The monoisotopic (exact) mass is 621 g/mol. The molecule has 7 rings (SSSR count). The van der Waals surface area contributed by atoms with Gasteiger partial charge in [-0.25, -0.2) is 0 Å². The fourth-order valence-electron chi connectivity index (χ4n) is 5.18. The van der Waals surface area contributed by atoms with Gasteiger partial charge in [-0.2, -0.15) is 0 Å². The Morgan fingerprint density at radius 3 is 1.56 bits per heavy atom. The largest absolute Gasteiger partial charge is 0.310 e. The van der Waals surface area contributed by atoms with Crippen molar-refractivity contribution in [3.8, 4) is 0 Å². The molecular formula is C41H36BrN. The average molecular weight is 623 g/mol. The molecule has 0 aromatic heterocycles. The van der Waals surface area contributed by atoms with E-state index in [0.29, 0.717) is 0 Å². The van der Waals surface area contributed by atoms with Gasteiger partial charge in [0.25, 0.3) is 0 Å². The summed E-state index contributed by atoms with van der Waals surface area (Å²) >= 11 is 3.65. The summed E-state index contributed by atoms with van der Waals surface area (Å²) in [5, 5.41) is 5.17. The number of anilines is 3. The number of aryl methyl sites for hydroxylation is 3. The molecule has 0 radical (unpaired) electrons. The lowest BCUT2D eigenvalue weighted by Gasteiger charge is -2.27. The molecule has 0 saturated heterocycles. The predicted octanol–water partition coefficient (Wildman–Crippen LogP) is 12.5. The highest BCUT2D eigenvalue weighted by molar-refractivity contribution is 9.10. The highest BCUT2D eigenvalue weighted by atomic mass is 79.9. The molecule has 0 amide bonds. The third kappa shape index (κ3) is 7.80. The molecular weight excluding hydrogens is 586 g/mol. The quantitative estimate of drug-likeness (QED) is 0.190. The number of benzene rings is 7. The molecule has 0 heterocycles. The summed E-state index contributed by atoms with van der Waals surface area (Å²) in [6, 6.07) is 57.1. The molecule has 212 valence electrons. The summed E-state index contributed by atoms with van der Waals surface area (Å²) in [6.45, 7) is 6.35. The van der Waals surface area contributed by atoms with E-state index >= 15 is 0 Å². The van der Waals surface area contributed by atoms with Gasteiger partial charge >= 0.3 is 0 Å². The second kappa shape index (κ2) is 14.5. The Hall–Kier alpha value is -4.66. The predicted molar refractivity (Wildman–Crippen MR) is 191 cm³/mol. The van der Waals surface area contributed by atoms with Crippen LogP contribution in [0.1, 0.15) is 16.7 Å². The van der Waals surface area contributed by atoms with Gasteiger partial charge in [-0.1, -0.05) is 149 Å². The second-order valence-electron chi connectivity index (χ2n) is 10.6. The van der Waals surface area contributed by atoms with Crippen LogP contribution in [-0.4, -0.2) is 0 Å². The van der Waals surface area contributed by atoms with E-state index in [1.54, 1.807) is 0 Å². The molecule has 2 heteroatoms. The van der Waals surface area contributed by atoms with E-state index in [1.165, 1.54) is 43.9 Å². The van der Waals surface area contributed by atoms with E-state index in [2.05, 4.69) is 187 Å². The van der Waals surface area contributed by atoms with Crippen LogP contribution in [0.5, 0.6) is 0 Å².